The van der Waals surface area contributed by atoms with E-state index in [1.807, 2.05) is 0 Å². The number of nitrogens with zero attached hydrogens (tertiary/aromatic N) is 2. The van der Waals surface area contributed by atoms with Crippen molar-refractivity contribution in [2.45, 2.75) is 57.5 Å². The van der Waals surface area contributed by atoms with Crippen molar-refractivity contribution in [2.24, 2.45) is 0 Å². The third-order valence-electron chi connectivity index (χ3n) is 5.63. The van der Waals surface area contributed by atoms with Gasteiger partial charge in [0, 0.05) is 17.9 Å². The maximum Gasteiger partial charge on any atom is 0.471 e. The van der Waals surface area contributed by atoms with Crippen molar-refractivity contribution in [3.8, 4) is 0 Å². The number of carbonyl (C=O) groups excluding carboxylic acids is 1. The van der Waals surface area contributed by atoms with Crippen LogP contribution in [0.2, 0.25) is 0 Å². The van der Waals surface area contributed by atoms with Crippen LogP contribution >= 0.6 is 12.4 Å². The first-order chi connectivity index (χ1) is 12.9. The number of nitrogen functional groups attached to an aromatic ring is 1. The lowest BCUT2D eigenvalue weighted by Crippen LogP contribution is -2.43. The minimum absolute atomic E-state index is 0. The number of anilines is 2. The third kappa shape index (κ3) is 5.32. The van der Waals surface area contributed by atoms with E-state index in [9.17, 15) is 18.0 Å². The molecular weight excluding hydrogens is 391 g/mol. The molecule has 1 fully saturated rings. The smallest absolute Gasteiger partial charge is 0.398 e. The van der Waals surface area contributed by atoms with E-state index >= 15 is 0 Å². The van der Waals surface area contributed by atoms with E-state index in [1.54, 1.807) is 12.1 Å². The maximum absolute atomic E-state index is 13.3. The number of likely N-dealkylation sites (tertiary alicyclic amines) is 1. The molecule has 8 heteroatoms. The topological polar surface area (TPSA) is 49.6 Å². The van der Waals surface area contributed by atoms with Crippen molar-refractivity contribution < 1.29 is 18.0 Å². The molecule has 2 aliphatic rings. The van der Waals surface area contributed by atoms with Crippen molar-refractivity contribution in [1.82, 2.24) is 4.90 Å². The number of rotatable bonds is 5. The molecule has 0 spiro atoms. The van der Waals surface area contributed by atoms with Gasteiger partial charge >= 0.3 is 12.1 Å². The van der Waals surface area contributed by atoms with Gasteiger partial charge in [-0.15, -0.1) is 12.4 Å². The molecule has 3 rings (SSSR count). The number of hydrogen-bond donors (Lipinski definition) is 1. The number of benzene rings is 1. The quantitative estimate of drug-likeness (QED) is 0.722. The highest BCUT2D eigenvalue weighted by Crippen LogP contribution is 2.36. The molecule has 0 aromatic heterocycles. The second-order valence-corrected chi connectivity index (χ2v) is 7.55. The van der Waals surface area contributed by atoms with Gasteiger partial charge in [-0.05, 0) is 87.8 Å². The molecule has 2 N–H and O–H groups in total. The highest BCUT2D eigenvalue weighted by atomic mass is 35.5. The third-order valence-corrected chi connectivity index (χ3v) is 5.63. The minimum Gasteiger partial charge on any atom is -0.398 e. The first-order valence-corrected chi connectivity index (χ1v) is 9.89. The average molecular weight is 420 g/mol. The second-order valence-electron chi connectivity index (χ2n) is 7.55. The lowest BCUT2D eigenvalue weighted by Gasteiger charge is -2.31. The number of piperidine rings is 1. The molecule has 158 valence electrons. The number of fused-ring (bicyclic) bond motifs is 1. The first kappa shape index (κ1) is 22.8. The maximum atomic E-state index is 13.3. The zero-order valence-corrected chi connectivity index (χ0v) is 16.9. The van der Waals surface area contributed by atoms with E-state index in [0.717, 1.165) is 67.8 Å². The molecule has 4 nitrogen and oxygen atoms in total. The van der Waals surface area contributed by atoms with E-state index < -0.39 is 12.1 Å². The Morgan fingerprint density at radius 3 is 2.32 bits per heavy atom. The van der Waals surface area contributed by atoms with Crippen LogP contribution in [0.5, 0.6) is 0 Å². The fourth-order valence-corrected chi connectivity index (χ4v) is 4.25. The summed E-state index contributed by atoms with van der Waals surface area (Å²) in [7, 11) is 0. The first-order valence-electron chi connectivity index (χ1n) is 9.89. The molecular formula is C20H29ClF3N3O. The summed E-state index contributed by atoms with van der Waals surface area (Å²) in [6.07, 6.45) is 2.45. The predicted octanol–water partition coefficient (Wildman–Crippen LogP) is 4.34. The Morgan fingerprint density at radius 1 is 1.04 bits per heavy atom. The molecule has 1 aromatic carbocycles. The molecule has 0 radical (unpaired) electrons. The summed E-state index contributed by atoms with van der Waals surface area (Å²) in [5.74, 6) is -1.78. The molecule has 1 heterocycles. The van der Waals surface area contributed by atoms with Crippen LogP contribution in [0.3, 0.4) is 0 Å². The average Bonchev–Trinajstić information content (AvgIpc) is 2.66. The van der Waals surface area contributed by atoms with E-state index in [0.29, 0.717) is 24.2 Å². The van der Waals surface area contributed by atoms with Gasteiger partial charge < -0.3 is 15.5 Å². The Morgan fingerprint density at radius 2 is 1.68 bits per heavy atom. The second kappa shape index (κ2) is 9.83. The van der Waals surface area contributed by atoms with Crippen LogP contribution in [-0.2, 0) is 17.6 Å². The van der Waals surface area contributed by atoms with Gasteiger partial charge in [-0.2, -0.15) is 13.2 Å². The molecule has 1 aliphatic carbocycles. The summed E-state index contributed by atoms with van der Waals surface area (Å²) in [5, 5.41) is 0. The number of hydrogen-bond acceptors (Lipinski definition) is 3. The van der Waals surface area contributed by atoms with Crippen LogP contribution in [-0.4, -0.2) is 43.2 Å². The molecule has 1 aromatic rings. The highest BCUT2D eigenvalue weighted by molar-refractivity contribution is 5.98. The highest BCUT2D eigenvalue weighted by Gasteiger charge is 2.43. The number of carbonyl (C=O) groups is 1. The molecule has 0 bridgehead atoms. The summed E-state index contributed by atoms with van der Waals surface area (Å²) < 4.78 is 39.8. The molecule has 1 aliphatic heterocycles. The number of amides is 1. The number of halogens is 4. The summed E-state index contributed by atoms with van der Waals surface area (Å²) >= 11 is 0. The molecule has 28 heavy (non-hydrogen) atoms. The number of nitrogens with two attached hydrogens (primary N) is 1. The summed E-state index contributed by atoms with van der Waals surface area (Å²) in [4.78, 5) is 15.4. The Balaban J connectivity index is 0.00000280. The van der Waals surface area contributed by atoms with Gasteiger partial charge in [0.05, 0.1) is 0 Å². The Hall–Kier alpha value is -1.47. The molecule has 0 unspecified atom stereocenters. The van der Waals surface area contributed by atoms with Gasteiger partial charge in [-0.25, -0.2) is 0 Å². The van der Waals surface area contributed by atoms with E-state index in [2.05, 4.69) is 4.90 Å². The summed E-state index contributed by atoms with van der Waals surface area (Å²) in [6.45, 7) is 2.78. The lowest BCUT2D eigenvalue weighted by atomic mass is 9.88. The van der Waals surface area contributed by atoms with Crippen molar-refractivity contribution >= 4 is 29.7 Å². The minimum atomic E-state index is -4.88. The van der Waals surface area contributed by atoms with Crippen LogP contribution in [0.4, 0.5) is 24.5 Å². The monoisotopic (exact) mass is 419 g/mol. The molecule has 0 atom stereocenters. The molecule has 1 saturated heterocycles. The largest absolute Gasteiger partial charge is 0.471 e. The van der Waals surface area contributed by atoms with E-state index in [1.165, 1.54) is 6.42 Å². The van der Waals surface area contributed by atoms with Crippen LogP contribution in [0, 0.1) is 0 Å². The van der Waals surface area contributed by atoms with Gasteiger partial charge in [-0.3, -0.25) is 4.79 Å². The SMILES string of the molecule is Cl.Nc1ccc(N(CCCN2CCCCC2)C(=O)C(F)(F)F)c2c1CCCC2. The van der Waals surface area contributed by atoms with Crippen molar-refractivity contribution in [3.05, 3.63) is 23.3 Å². The van der Waals surface area contributed by atoms with Crippen molar-refractivity contribution in [1.29, 1.82) is 0 Å². The normalized spacial score (nSPS) is 17.5. The Labute approximate surface area is 170 Å². The van der Waals surface area contributed by atoms with Crippen LogP contribution in [0.1, 0.15) is 49.7 Å². The summed E-state index contributed by atoms with van der Waals surface area (Å²) in [6, 6.07) is 3.23. The molecule has 0 saturated carbocycles. The van der Waals surface area contributed by atoms with Gasteiger partial charge in [0.15, 0.2) is 0 Å². The fourth-order valence-electron chi connectivity index (χ4n) is 4.25. The van der Waals surface area contributed by atoms with E-state index in [-0.39, 0.29) is 19.0 Å². The fraction of sp³-hybridized carbons (Fsp3) is 0.650. The van der Waals surface area contributed by atoms with Crippen molar-refractivity contribution in [2.75, 3.05) is 36.8 Å². The number of alkyl halides is 3. The van der Waals surface area contributed by atoms with Gasteiger partial charge in [-0.1, -0.05) is 6.42 Å². The van der Waals surface area contributed by atoms with Gasteiger partial charge in [0.1, 0.15) is 0 Å². The van der Waals surface area contributed by atoms with Gasteiger partial charge in [0.25, 0.3) is 0 Å². The zero-order valence-electron chi connectivity index (χ0n) is 16.1. The van der Waals surface area contributed by atoms with Gasteiger partial charge in [0.2, 0.25) is 0 Å². The predicted molar refractivity (Wildman–Crippen MR) is 108 cm³/mol. The Kier molecular flexibility index (Phi) is 8.01. The summed E-state index contributed by atoms with van der Waals surface area (Å²) in [5.41, 5.74) is 8.77. The Bertz CT molecular complexity index is 675. The lowest BCUT2D eigenvalue weighted by molar-refractivity contribution is -0.170. The standard InChI is InChI=1S/C20H28F3N3O.ClH/c21-20(22,23)19(27)26(14-6-13-25-11-4-1-5-12-25)18-10-9-17(24)15-7-2-3-8-16(15)18;/h9-10H,1-8,11-14,24H2;1H. The van der Waals surface area contributed by atoms with Crippen LogP contribution < -0.4 is 10.6 Å². The zero-order chi connectivity index (χ0) is 19.4. The van der Waals surface area contributed by atoms with Crippen LogP contribution in [0.15, 0.2) is 12.1 Å². The van der Waals surface area contributed by atoms with E-state index in [4.69, 9.17) is 5.73 Å². The molecule has 1 amide bonds. The van der Waals surface area contributed by atoms with Crippen molar-refractivity contribution in [3.63, 3.8) is 0 Å². The van der Waals surface area contributed by atoms with Crippen LogP contribution in [0.25, 0.3) is 0 Å².